The number of carbonyl (C=O) groups excluding carboxylic acids is 1. The van der Waals surface area contributed by atoms with Gasteiger partial charge in [-0.3, -0.25) is 10.1 Å². The lowest BCUT2D eigenvalue weighted by Gasteiger charge is -2.45. The van der Waals surface area contributed by atoms with Crippen molar-refractivity contribution < 1.29 is 33.8 Å². The fourth-order valence-electron chi connectivity index (χ4n) is 6.02. The van der Waals surface area contributed by atoms with Crippen LogP contribution in [0, 0.1) is 10.1 Å². The van der Waals surface area contributed by atoms with E-state index in [4.69, 9.17) is 30.5 Å². The largest absolute Gasteiger partial charge is 0.489 e. The van der Waals surface area contributed by atoms with Gasteiger partial charge in [-0.15, -0.1) is 0 Å². The summed E-state index contributed by atoms with van der Waals surface area (Å²) in [6.07, 6.45) is -0.639. The van der Waals surface area contributed by atoms with Gasteiger partial charge in [0.05, 0.1) is 22.7 Å². The first-order valence-electron chi connectivity index (χ1n) is 16.6. The lowest BCUT2D eigenvalue weighted by Crippen LogP contribution is -2.61. The first kappa shape index (κ1) is 38.3. The summed E-state index contributed by atoms with van der Waals surface area (Å²) in [7, 11) is 0. The SMILES string of the molecule is CC(C)(C)OC(O)N1C(CCc2ccc(Sc3cccc(OCc4ccccc4)c3)cc2Cl)(COC(=O)c2ccccc2[N+](=O)[O-])COC1(C)C. The Morgan fingerprint density at radius 1 is 1.02 bits per heavy atom. The molecule has 0 radical (unpaired) electrons. The Morgan fingerprint density at radius 2 is 1.73 bits per heavy atom. The molecule has 0 bridgehead atoms. The average Bonchev–Trinajstić information content (AvgIpc) is 3.35. The van der Waals surface area contributed by atoms with Crippen LogP contribution in [0.1, 0.15) is 62.5 Å². The molecule has 0 saturated carbocycles. The highest BCUT2D eigenvalue weighted by atomic mass is 35.5. The molecule has 10 nitrogen and oxygen atoms in total. The van der Waals surface area contributed by atoms with E-state index >= 15 is 0 Å². The summed E-state index contributed by atoms with van der Waals surface area (Å²) in [6, 6.07) is 29.4. The Bertz CT molecular complexity index is 1830. The Morgan fingerprint density at radius 3 is 2.43 bits per heavy atom. The van der Waals surface area contributed by atoms with E-state index in [0.717, 1.165) is 26.7 Å². The summed E-state index contributed by atoms with van der Waals surface area (Å²) >= 11 is 8.43. The molecule has 1 aliphatic heterocycles. The predicted octanol–water partition coefficient (Wildman–Crippen LogP) is 8.67. The van der Waals surface area contributed by atoms with Crippen molar-refractivity contribution in [3.8, 4) is 5.75 Å². The first-order chi connectivity index (χ1) is 24.2. The van der Waals surface area contributed by atoms with E-state index in [-0.39, 0.29) is 24.5 Å². The zero-order chi connectivity index (χ0) is 36.8. The van der Waals surface area contributed by atoms with E-state index in [9.17, 15) is 20.0 Å². The normalized spacial score (nSPS) is 17.9. The number of nitro groups is 1. The number of hydrogen-bond donors (Lipinski definition) is 1. The minimum atomic E-state index is -1.42. The van der Waals surface area contributed by atoms with E-state index in [0.29, 0.717) is 24.5 Å². The number of hydrogen-bond acceptors (Lipinski definition) is 10. The van der Waals surface area contributed by atoms with Crippen molar-refractivity contribution in [2.45, 2.75) is 87.1 Å². The Kier molecular flexibility index (Phi) is 12.1. The van der Waals surface area contributed by atoms with Gasteiger partial charge in [-0.1, -0.05) is 78.0 Å². The molecule has 12 heteroatoms. The maximum Gasteiger partial charge on any atom is 0.345 e. The molecular weight excluding hydrogens is 692 g/mol. The van der Waals surface area contributed by atoms with Crippen LogP contribution in [-0.2, 0) is 27.2 Å². The summed E-state index contributed by atoms with van der Waals surface area (Å²) in [6.45, 7) is 9.39. The number of aryl methyl sites for hydroxylation is 1. The number of para-hydroxylation sites is 1. The van der Waals surface area contributed by atoms with Gasteiger partial charge in [0.15, 0.2) is 0 Å². The molecule has 2 unspecified atom stereocenters. The summed E-state index contributed by atoms with van der Waals surface area (Å²) < 4.78 is 24.0. The minimum Gasteiger partial charge on any atom is -0.489 e. The number of aliphatic hydroxyl groups is 1. The molecular formula is C39H43ClN2O8S. The number of esters is 1. The van der Waals surface area contributed by atoms with Crippen LogP contribution in [-0.4, -0.2) is 57.4 Å². The van der Waals surface area contributed by atoms with Gasteiger partial charge in [0, 0.05) is 20.9 Å². The first-order valence-corrected chi connectivity index (χ1v) is 17.8. The molecule has 0 spiro atoms. The van der Waals surface area contributed by atoms with E-state index < -0.39 is 34.2 Å². The van der Waals surface area contributed by atoms with Gasteiger partial charge in [-0.05, 0) is 95.0 Å². The minimum absolute atomic E-state index is 0.0863. The van der Waals surface area contributed by atoms with Crippen LogP contribution < -0.4 is 4.74 Å². The van der Waals surface area contributed by atoms with Crippen LogP contribution in [0.25, 0.3) is 0 Å². The monoisotopic (exact) mass is 734 g/mol. The van der Waals surface area contributed by atoms with Gasteiger partial charge in [-0.25, -0.2) is 9.69 Å². The van der Waals surface area contributed by atoms with Crippen molar-refractivity contribution in [2.75, 3.05) is 13.2 Å². The van der Waals surface area contributed by atoms with Gasteiger partial charge < -0.3 is 24.1 Å². The van der Waals surface area contributed by atoms with Crippen molar-refractivity contribution in [3.05, 3.63) is 129 Å². The molecule has 1 N–H and O–H groups in total. The number of rotatable bonds is 14. The number of ether oxygens (including phenoxy) is 4. The van der Waals surface area contributed by atoms with Gasteiger partial charge in [0.1, 0.15) is 30.3 Å². The molecule has 4 aromatic rings. The number of benzene rings is 4. The average molecular weight is 735 g/mol. The molecule has 2 atom stereocenters. The molecule has 4 aromatic carbocycles. The standard InChI is InChI=1S/C39H43ClN2O8S/c1-37(2,3)50-36(44)41-38(4,5)49-26-39(41,25-48-35(43)32-16-9-10-17-34(32)42(45)46)21-20-28-18-19-31(23-33(28)40)51-30-15-11-14-29(22-30)47-24-27-12-7-6-8-13-27/h6-19,22-23,36,44H,20-21,24-26H2,1-5H3. The number of nitrogens with zero attached hydrogens (tertiary/aromatic N) is 2. The van der Waals surface area contributed by atoms with E-state index in [2.05, 4.69) is 0 Å². The molecule has 1 heterocycles. The van der Waals surface area contributed by atoms with Crippen molar-refractivity contribution in [2.24, 2.45) is 0 Å². The third-order valence-electron chi connectivity index (χ3n) is 8.43. The van der Waals surface area contributed by atoms with Crippen LogP contribution in [0.5, 0.6) is 5.75 Å². The van der Waals surface area contributed by atoms with Gasteiger partial charge in [0.2, 0.25) is 6.41 Å². The topological polar surface area (TPSA) is 121 Å². The van der Waals surface area contributed by atoms with Crippen molar-refractivity contribution in [3.63, 3.8) is 0 Å². The third-order valence-corrected chi connectivity index (χ3v) is 9.76. The number of aliphatic hydroxyl groups excluding tert-OH is 1. The van der Waals surface area contributed by atoms with Crippen LogP contribution in [0.2, 0.25) is 5.02 Å². The molecule has 270 valence electrons. The van der Waals surface area contributed by atoms with Crippen molar-refractivity contribution in [1.82, 2.24) is 4.90 Å². The van der Waals surface area contributed by atoms with E-state index in [1.807, 2.05) is 93.6 Å². The summed E-state index contributed by atoms with van der Waals surface area (Å²) in [5.41, 5.74) is -1.40. The smallest absolute Gasteiger partial charge is 0.345 e. The molecule has 0 aliphatic carbocycles. The zero-order valence-electron chi connectivity index (χ0n) is 29.3. The van der Waals surface area contributed by atoms with E-state index in [1.165, 1.54) is 24.3 Å². The second-order valence-corrected chi connectivity index (χ2v) is 15.4. The third kappa shape index (κ3) is 9.88. The Hall–Kier alpha value is -3.97. The lowest BCUT2D eigenvalue weighted by molar-refractivity contribution is -0.385. The Labute approximate surface area is 307 Å². The van der Waals surface area contributed by atoms with Crippen LogP contribution in [0.3, 0.4) is 0 Å². The maximum atomic E-state index is 13.3. The fourth-order valence-corrected chi connectivity index (χ4v) is 7.26. The maximum absolute atomic E-state index is 13.3. The zero-order valence-corrected chi connectivity index (χ0v) is 30.9. The molecule has 1 fully saturated rings. The van der Waals surface area contributed by atoms with Gasteiger partial charge in [-0.2, -0.15) is 0 Å². The van der Waals surface area contributed by atoms with Crippen LogP contribution in [0.15, 0.2) is 107 Å². The summed E-state index contributed by atoms with van der Waals surface area (Å²) in [5.74, 6) is -0.0881. The summed E-state index contributed by atoms with van der Waals surface area (Å²) in [4.78, 5) is 27.9. The predicted molar refractivity (Wildman–Crippen MR) is 196 cm³/mol. The molecule has 5 rings (SSSR count). The molecule has 0 aromatic heterocycles. The van der Waals surface area contributed by atoms with Crippen LogP contribution >= 0.6 is 23.4 Å². The number of carbonyl (C=O) groups is 1. The van der Waals surface area contributed by atoms with Gasteiger partial charge >= 0.3 is 5.97 Å². The quantitative estimate of drug-likeness (QED) is 0.0583. The van der Waals surface area contributed by atoms with Crippen molar-refractivity contribution >= 4 is 35.0 Å². The second-order valence-electron chi connectivity index (χ2n) is 13.8. The van der Waals surface area contributed by atoms with Crippen molar-refractivity contribution in [1.29, 1.82) is 0 Å². The highest BCUT2D eigenvalue weighted by molar-refractivity contribution is 7.99. The molecule has 0 amide bonds. The van der Waals surface area contributed by atoms with Crippen LogP contribution in [0.4, 0.5) is 5.69 Å². The molecule has 1 aliphatic rings. The summed E-state index contributed by atoms with van der Waals surface area (Å²) in [5, 5.41) is 23.6. The molecule has 1 saturated heterocycles. The second kappa shape index (κ2) is 16.1. The number of nitro benzene ring substituents is 1. The number of halogens is 1. The highest BCUT2D eigenvalue weighted by Gasteiger charge is 2.56. The fraction of sp³-hybridized carbons (Fsp3) is 0.359. The van der Waals surface area contributed by atoms with E-state index in [1.54, 1.807) is 30.5 Å². The van der Waals surface area contributed by atoms with Gasteiger partial charge in [0.25, 0.3) is 5.69 Å². The lowest BCUT2D eigenvalue weighted by atomic mass is 9.90. The highest BCUT2D eigenvalue weighted by Crippen LogP contribution is 2.42. The molecule has 51 heavy (non-hydrogen) atoms. The Balaban J connectivity index is 1.34.